The lowest BCUT2D eigenvalue weighted by Gasteiger charge is -2.28. The molecule has 0 amide bonds. The number of hydrogen-bond donors (Lipinski definition) is 0. The average molecular weight is 483 g/mol. The first-order valence-electron chi connectivity index (χ1n) is 12.6. The molecule has 0 radical (unpaired) electrons. The Hall–Kier alpha value is -2.95. The summed E-state index contributed by atoms with van der Waals surface area (Å²) in [6.07, 6.45) is 7.63. The Morgan fingerprint density at radius 2 is 1.37 bits per heavy atom. The predicted octanol–water partition coefficient (Wildman–Crippen LogP) is 8.82. The van der Waals surface area contributed by atoms with Gasteiger partial charge in [0.15, 0.2) is 11.6 Å². The summed E-state index contributed by atoms with van der Waals surface area (Å²) < 4.78 is 54.8. The zero-order valence-electron chi connectivity index (χ0n) is 20.5. The number of ether oxygens (including phenoxy) is 2. The quantitative estimate of drug-likeness (QED) is 0.303. The maximum atomic E-state index is 15.0. The van der Waals surface area contributed by atoms with E-state index in [0.717, 1.165) is 11.7 Å². The van der Waals surface area contributed by atoms with Crippen molar-refractivity contribution >= 4 is 0 Å². The third-order valence-corrected chi connectivity index (χ3v) is 6.94. The minimum atomic E-state index is -1.07. The number of benzene rings is 3. The van der Waals surface area contributed by atoms with E-state index in [-0.39, 0.29) is 23.5 Å². The fourth-order valence-corrected chi connectivity index (χ4v) is 4.98. The predicted molar refractivity (Wildman–Crippen MR) is 134 cm³/mol. The summed E-state index contributed by atoms with van der Waals surface area (Å²) in [6, 6.07) is 14.5. The van der Waals surface area contributed by atoms with Crippen LogP contribution in [0.3, 0.4) is 0 Å². The van der Waals surface area contributed by atoms with Gasteiger partial charge in [-0.3, -0.25) is 0 Å². The maximum Gasteiger partial charge on any atom is 0.201 e. The van der Waals surface area contributed by atoms with E-state index in [4.69, 9.17) is 9.47 Å². The highest BCUT2D eigenvalue weighted by atomic mass is 19.2. The van der Waals surface area contributed by atoms with Crippen LogP contribution in [0.4, 0.5) is 13.2 Å². The highest BCUT2D eigenvalue weighted by Crippen LogP contribution is 2.34. The Bertz CT molecular complexity index is 1120. The molecule has 1 fully saturated rings. The smallest absolute Gasteiger partial charge is 0.201 e. The molecule has 1 aliphatic carbocycles. The van der Waals surface area contributed by atoms with Crippen molar-refractivity contribution in [3.05, 3.63) is 72.0 Å². The first-order valence-corrected chi connectivity index (χ1v) is 12.6. The van der Waals surface area contributed by atoms with Crippen LogP contribution in [0.5, 0.6) is 11.5 Å². The highest BCUT2D eigenvalue weighted by Gasteiger charge is 2.21. The summed E-state index contributed by atoms with van der Waals surface area (Å²) in [5.74, 6) is -0.538. The molecule has 0 heterocycles. The zero-order valence-corrected chi connectivity index (χ0v) is 20.5. The third-order valence-electron chi connectivity index (χ3n) is 6.94. The molecule has 0 atom stereocenters. The molecule has 3 aromatic carbocycles. The van der Waals surface area contributed by atoms with E-state index in [2.05, 4.69) is 6.92 Å². The Labute approximate surface area is 206 Å². The molecule has 4 rings (SSSR count). The molecule has 0 N–H and O–H groups in total. The lowest BCUT2D eigenvalue weighted by atomic mass is 9.80. The van der Waals surface area contributed by atoms with Gasteiger partial charge in [0.2, 0.25) is 5.82 Å². The second-order valence-electron chi connectivity index (χ2n) is 9.38. The first-order chi connectivity index (χ1) is 17.0. The summed E-state index contributed by atoms with van der Waals surface area (Å²) in [4.78, 5) is 0. The normalized spacial score (nSPS) is 17.9. The van der Waals surface area contributed by atoms with Gasteiger partial charge in [-0.2, -0.15) is 4.39 Å². The van der Waals surface area contributed by atoms with Gasteiger partial charge in [0.25, 0.3) is 0 Å². The summed E-state index contributed by atoms with van der Waals surface area (Å²) in [6.45, 7) is 4.88. The fourth-order valence-electron chi connectivity index (χ4n) is 4.98. The van der Waals surface area contributed by atoms with Gasteiger partial charge < -0.3 is 9.47 Å². The van der Waals surface area contributed by atoms with Crippen LogP contribution in [0.25, 0.3) is 22.3 Å². The van der Waals surface area contributed by atoms with Crippen molar-refractivity contribution in [1.82, 2.24) is 0 Å². The van der Waals surface area contributed by atoms with Crippen molar-refractivity contribution in [3.63, 3.8) is 0 Å². The number of halogens is 3. The van der Waals surface area contributed by atoms with Crippen LogP contribution in [0, 0.1) is 29.3 Å². The largest absolute Gasteiger partial charge is 0.493 e. The molecule has 0 saturated heterocycles. The van der Waals surface area contributed by atoms with E-state index in [1.54, 1.807) is 19.1 Å². The van der Waals surface area contributed by atoms with Crippen LogP contribution < -0.4 is 9.47 Å². The maximum absolute atomic E-state index is 15.0. The standard InChI is InChI=1S/C30H33F3O2/c1-3-5-20-6-8-21(9-7-20)19-35-24-13-10-22(11-14-24)25-15-12-23(18-27(25)31)26-16-17-28(34-4-2)30(33)29(26)32/h10-18,20-21H,3-9,19H2,1-2H3. The molecule has 1 saturated carbocycles. The van der Waals surface area contributed by atoms with Crippen LogP contribution >= 0.6 is 0 Å². The van der Waals surface area contributed by atoms with E-state index in [9.17, 15) is 13.2 Å². The minimum Gasteiger partial charge on any atom is -0.493 e. The van der Waals surface area contributed by atoms with Crippen LogP contribution in [0.1, 0.15) is 52.4 Å². The van der Waals surface area contributed by atoms with E-state index >= 15 is 0 Å². The molecular formula is C30H33F3O2. The van der Waals surface area contributed by atoms with Gasteiger partial charge in [0, 0.05) is 11.1 Å². The van der Waals surface area contributed by atoms with Gasteiger partial charge in [0.1, 0.15) is 11.6 Å². The molecule has 3 aromatic rings. The number of rotatable bonds is 9. The molecule has 35 heavy (non-hydrogen) atoms. The van der Waals surface area contributed by atoms with E-state index in [1.807, 2.05) is 24.3 Å². The Morgan fingerprint density at radius 1 is 0.714 bits per heavy atom. The van der Waals surface area contributed by atoms with Crippen molar-refractivity contribution < 1.29 is 22.6 Å². The second kappa shape index (κ2) is 11.7. The second-order valence-corrected chi connectivity index (χ2v) is 9.38. The molecule has 2 nitrogen and oxygen atoms in total. The van der Waals surface area contributed by atoms with Crippen molar-refractivity contribution in [2.45, 2.75) is 52.4 Å². The van der Waals surface area contributed by atoms with Crippen molar-refractivity contribution in [2.75, 3.05) is 13.2 Å². The molecular weight excluding hydrogens is 449 g/mol. The van der Waals surface area contributed by atoms with Gasteiger partial charge in [-0.1, -0.05) is 56.9 Å². The summed E-state index contributed by atoms with van der Waals surface area (Å²) >= 11 is 0. The molecule has 0 aliphatic heterocycles. The third kappa shape index (κ3) is 6.01. The molecule has 1 aliphatic rings. The van der Waals surface area contributed by atoms with Crippen molar-refractivity contribution in [3.8, 4) is 33.8 Å². The van der Waals surface area contributed by atoms with Gasteiger partial charge in [-0.25, -0.2) is 8.78 Å². The Balaban J connectivity index is 1.41. The van der Waals surface area contributed by atoms with Gasteiger partial charge in [-0.15, -0.1) is 0 Å². The number of hydrogen-bond acceptors (Lipinski definition) is 2. The van der Waals surface area contributed by atoms with Crippen molar-refractivity contribution in [1.29, 1.82) is 0 Å². The van der Waals surface area contributed by atoms with Crippen LogP contribution in [-0.2, 0) is 0 Å². The lowest BCUT2D eigenvalue weighted by molar-refractivity contribution is 0.178. The topological polar surface area (TPSA) is 18.5 Å². The summed E-state index contributed by atoms with van der Waals surface area (Å²) in [7, 11) is 0. The van der Waals surface area contributed by atoms with Gasteiger partial charge in [-0.05, 0) is 73.1 Å². The first kappa shape index (κ1) is 25.2. The lowest BCUT2D eigenvalue weighted by Crippen LogP contribution is -2.20. The van der Waals surface area contributed by atoms with E-state index < -0.39 is 17.5 Å². The monoisotopic (exact) mass is 482 g/mol. The van der Waals surface area contributed by atoms with Gasteiger partial charge >= 0.3 is 0 Å². The van der Waals surface area contributed by atoms with Crippen LogP contribution in [0.15, 0.2) is 54.6 Å². The SMILES string of the molecule is CCCC1CCC(COc2ccc(-c3ccc(-c4ccc(OCC)c(F)c4F)cc3F)cc2)CC1. The molecule has 186 valence electrons. The fraction of sp³-hybridized carbons (Fsp3) is 0.400. The summed E-state index contributed by atoms with van der Waals surface area (Å²) in [5.41, 5.74) is 1.34. The highest BCUT2D eigenvalue weighted by molar-refractivity contribution is 5.72. The molecule has 0 spiro atoms. The van der Waals surface area contributed by atoms with E-state index in [0.29, 0.717) is 23.7 Å². The Kier molecular flexibility index (Phi) is 8.37. The minimum absolute atomic E-state index is 0.0103. The average Bonchev–Trinajstić information content (AvgIpc) is 2.87. The molecule has 0 unspecified atom stereocenters. The zero-order chi connectivity index (χ0) is 24.8. The van der Waals surface area contributed by atoms with Crippen molar-refractivity contribution in [2.24, 2.45) is 11.8 Å². The Morgan fingerprint density at radius 3 is 2.03 bits per heavy atom. The van der Waals surface area contributed by atoms with Gasteiger partial charge in [0.05, 0.1) is 13.2 Å². The molecule has 5 heteroatoms. The molecule has 0 aromatic heterocycles. The van der Waals surface area contributed by atoms with Crippen LogP contribution in [-0.4, -0.2) is 13.2 Å². The molecule has 0 bridgehead atoms. The van der Waals surface area contributed by atoms with E-state index in [1.165, 1.54) is 56.7 Å². The van der Waals surface area contributed by atoms with Crippen LogP contribution in [0.2, 0.25) is 0 Å². The summed E-state index contributed by atoms with van der Waals surface area (Å²) in [5, 5.41) is 0.